The zero-order valence-corrected chi connectivity index (χ0v) is 18.1. The number of alkyl halides is 3. The summed E-state index contributed by atoms with van der Waals surface area (Å²) in [6.45, 7) is 1.56. The van der Waals surface area contributed by atoms with Gasteiger partial charge in [0.15, 0.2) is 0 Å². The van der Waals surface area contributed by atoms with Crippen LogP contribution in [-0.2, 0) is 19.6 Å². The maximum Gasteiger partial charge on any atom is 0.573 e. The first-order valence-electron chi connectivity index (χ1n) is 8.35. The monoisotopic (exact) mass is 511 g/mol. The van der Waals surface area contributed by atoms with Gasteiger partial charge in [-0.15, -0.1) is 13.2 Å². The summed E-state index contributed by atoms with van der Waals surface area (Å²) in [4.78, 5) is 12.1. The number of esters is 1. The lowest BCUT2D eigenvalue weighted by molar-refractivity contribution is -0.274. The SMILES string of the molecule is CCOC(=O)C(NS(=O)(=O)c1ccc(OC(F)(F)F)cc1)c1cccc(OC)c1Br. The predicted octanol–water partition coefficient (Wildman–Crippen LogP) is 3.94. The maximum absolute atomic E-state index is 12.8. The Morgan fingerprint density at radius 3 is 2.33 bits per heavy atom. The van der Waals surface area contributed by atoms with E-state index in [1.165, 1.54) is 13.2 Å². The molecule has 0 radical (unpaired) electrons. The highest BCUT2D eigenvalue weighted by Gasteiger charge is 2.32. The molecule has 2 aromatic rings. The third kappa shape index (κ3) is 6.09. The number of rotatable bonds is 8. The van der Waals surface area contributed by atoms with Crippen LogP contribution in [0.2, 0.25) is 0 Å². The predicted molar refractivity (Wildman–Crippen MR) is 104 cm³/mol. The number of methoxy groups -OCH3 is 1. The van der Waals surface area contributed by atoms with Crippen molar-refractivity contribution in [3.63, 3.8) is 0 Å². The minimum Gasteiger partial charge on any atom is -0.496 e. The van der Waals surface area contributed by atoms with Crippen LogP contribution in [0.25, 0.3) is 0 Å². The molecule has 30 heavy (non-hydrogen) atoms. The van der Waals surface area contributed by atoms with E-state index in [-0.39, 0.29) is 17.1 Å². The molecule has 0 aromatic heterocycles. The standard InChI is InChI=1S/C18H17BrF3NO6S/c1-3-28-17(24)16(13-5-4-6-14(27-2)15(13)19)23-30(25,26)12-9-7-11(8-10-12)29-18(20,21)22/h4-10,16,23H,3H2,1-2H3. The van der Waals surface area contributed by atoms with Crippen molar-refractivity contribution < 1.29 is 40.6 Å². The molecule has 0 amide bonds. The maximum atomic E-state index is 12.8. The smallest absolute Gasteiger partial charge is 0.496 e. The number of hydrogen-bond donors (Lipinski definition) is 1. The molecule has 0 aliphatic carbocycles. The fraction of sp³-hybridized carbons (Fsp3) is 0.278. The molecule has 164 valence electrons. The van der Waals surface area contributed by atoms with E-state index in [1.807, 2.05) is 0 Å². The van der Waals surface area contributed by atoms with Gasteiger partial charge in [0.2, 0.25) is 10.0 Å². The number of carbonyl (C=O) groups excluding carboxylic acids is 1. The summed E-state index contributed by atoms with van der Waals surface area (Å²) in [5, 5.41) is 0. The van der Waals surface area contributed by atoms with Crippen molar-refractivity contribution in [2.75, 3.05) is 13.7 Å². The lowest BCUT2D eigenvalue weighted by Crippen LogP contribution is -2.35. The molecule has 0 aliphatic heterocycles. The van der Waals surface area contributed by atoms with Gasteiger partial charge in [0.05, 0.1) is 23.1 Å². The van der Waals surface area contributed by atoms with Crippen molar-refractivity contribution in [1.29, 1.82) is 0 Å². The number of hydrogen-bond acceptors (Lipinski definition) is 6. The Bertz CT molecular complexity index is 996. The molecule has 0 heterocycles. The average molecular weight is 512 g/mol. The van der Waals surface area contributed by atoms with Crippen LogP contribution in [0.15, 0.2) is 51.8 Å². The molecule has 12 heteroatoms. The van der Waals surface area contributed by atoms with Crippen LogP contribution >= 0.6 is 15.9 Å². The van der Waals surface area contributed by atoms with Crippen molar-refractivity contribution in [1.82, 2.24) is 4.72 Å². The van der Waals surface area contributed by atoms with E-state index >= 15 is 0 Å². The van der Waals surface area contributed by atoms with Crippen LogP contribution in [0.4, 0.5) is 13.2 Å². The first-order valence-corrected chi connectivity index (χ1v) is 10.6. The zero-order valence-electron chi connectivity index (χ0n) is 15.7. The Morgan fingerprint density at radius 1 is 1.17 bits per heavy atom. The molecule has 0 fully saturated rings. The third-order valence-electron chi connectivity index (χ3n) is 3.69. The van der Waals surface area contributed by atoms with Crippen LogP contribution in [0.1, 0.15) is 18.5 Å². The van der Waals surface area contributed by atoms with Crippen LogP contribution in [0, 0.1) is 0 Å². The Hall–Kier alpha value is -2.31. The summed E-state index contributed by atoms with van der Waals surface area (Å²) in [7, 11) is -2.92. The fourth-order valence-electron chi connectivity index (χ4n) is 2.42. The topological polar surface area (TPSA) is 90.9 Å². The lowest BCUT2D eigenvalue weighted by atomic mass is 10.1. The molecular formula is C18H17BrF3NO6S. The molecule has 2 aromatic carbocycles. The molecule has 7 nitrogen and oxygen atoms in total. The Labute approximate surface area is 179 Å². The summed E-state index contributed by atoms with van der Waals surface area (Å²) >= 11 is 3.27. The van der Waals surface area contributed by atoms with Crippen molar-refractivity contribution in [3.8, 4) is 11.5 Å². The van der Waals surface area contributed by atoms with Crippen LogP contribution in [-0.4, -0.2) is 34.5 Å². The van der Waals surface area contributed by atoms with E-state index in [0.29, 0.717) is 10.2 Å². The van der Waals surface area contributed by atoms with E-state index < -0.39 is 34.1 Å². The van der Waals surface area contributed by atoms with Gasteiger partial charge in [-0.3, -0.25) is 0 Å². The van der Waals surface area contributed by atoms with Crippen molar-refractivity contribution >= 4 is 31.9 Å². The Kier molecular flexibility index (Phi) is 7.72. The first-order chi connectivity index (χ1) is 14.0. The number of carbonyl (C=O) groups is 1. The summed E-state index contributed by atoms with van der Waals surface area (Å²) in [6.07, 6.45) is -4.91. The molecule has 0 bridgehead atoms. The molecule has 2 rings (SSSR count). The van der Waals surface area contributed by atoms with Gasteiger partial charge >= 0.3 is 12.3 Å². The van der Waals surface area contributed by atoms with Gasteiger partial charge in [0, 0.05) is 0 Å². The third-order valence-corrected chi connectivity index (χ3v) is 5.97. The molecule has 0 saturated carbocycles. The van der Waals surface area contributed by atoms with Crippen molar-refractivity contribution in [2.45, 2.75) is 24.2 Å². The van der Waals surface area contributed by atoms with Crippen LogP contribution in [0.5, 0.6) is 11.5 Å². The van der Waals surface area contributed by atoms with Crippen LogP contribution < -0.4 is 14.2 Å². The molecule has 0 aliphatic rings. The van der Waals surface area contributed by atoms with E-state index in [0.717, 1.165) is 24.3 Å². The summed E-state index contributed by atoms with van der Waals surface area (Å²) < 4.78 is 78.8. The van der Waals surface area contributed by atoms with Crippen molar-refractivity contribution in [2.24, 2.45) is 0 Å². The van der Waals surface area contributed by atoms with E-state index in [1.54, 1.807) is 19.1 Å². The number of nitrogens with one attached hydrogen (secondary N) is 1. The van der Waals surface area contributed by atoms with Gasteiger partial charge < -0.3 is 14.2 Å². The average Bonchev–Trinajstić information content (AvgIpc) is 2.66. The largest absolute Gasteiger partial charge is 0.573 e. The lowest BCUT2D eigenvalue weighted by Gasteiger charge is -2.20. The molecule has 0 spiro atoms. The second-order valence-electron chi connectivity index (χ2n) is 5.69. The van der Waals surface area contributed by atoms with Gasteiger partial charge in [0.1, 0.15) is 17.5 Å². The molecule has 1 unspecified atom stereocenters. The second kappa shape index (κ2) is 9.67. The normalized spacial score (nSPS) is 12.9. The van der Waals surface area contributed by atoms with E-state index in [9.17, 15) is 26.4 Å². The minimum absolute atomic E-state index is 0.00211. The number of sulfonamides is 1. The second-order valence-corrected chi connectivity index (χ2v) is 8.20. The van der Waals surface area contributed by atoms with Crippen LogP contribution in [0.3, 0.4) is 0 Å². The van der Waals surface area contributed by atoms with E-state index in [4.69, 9.17) is 9.47 Å². The zero-order chi connectivity index (χ0) is 22.5. The number of benzene rings is 2. The molecule has 1 N–H and O–H groups in total. The summed E-state index contributed by atoms with van der Waals surface area (Å²) in [5.74, 6) is -1.10. The highest BCUT2D eigenvalue weighted by atomic mass is 79.9. The highest BCUT2D eigenvalue weighted by Crippen LogP contribution is 2.33. The van der Waals surface area contributed by atoms with E-state index in [2.05, 4.69) is 25.4 Å². The van der Waals surface area contributed by atoms with Gasteiger partial charge in [-0.1, -0.05) is 12.1 Å². The molecule has 0 saturated heterocycles. The Balaban J connectivity index is 2.38. The van der Waals surface area contributed by atoms with Crippen molar-refractivity contribution in [3.05, 3.63) is 52.5 Å². The fourth-order valence-corrected chi connectivity index (χ4v) is 4.24. The van der Waals surface area contributed by atoms with Gasteiger partial charge in [-0.25, -0.2) is 13.2 Å². The van der Waals surface area contributed by atoms with Gasteiger partial charge in [-0.2, -0.15) is 4.72 Å². The summed E-state index contributed by atoms with van der Waals surface area (Å²) in [6, 6.07) is 6.76. The molecular weight excluding hydrogens is 495 g/mol. The van der Waals surface area contributed by atoms with Gasteiger partial charge in [0.25, 0.3) is 0 Å². The summed E-state index contributed by atoms with van der Waals surface area (Å²) in [5.41, 5.74) is 0.230. The first kappa shape index (κ1) is 24.0. The minimum atomic E-state index is -4.91. The number of ether oxygens (including phenoxy) is 3. The van der Waals surface area contributed by atoms with Gasteiger partial charge in [-0.05, 0) is 58.7 Å². The molecule has 1 atom stereocenters. The highest BCUT2D eigenvalue weighted by molar-refractivity contribution is 9.10. The quantitative estimate of drug-likeness (QED) is 0.539. The Morgan fingerprint density at radius 2 is 1.80 bits per heavy atom. The number of halogens is 4.